The van der Waals surface area contributed by atoms with Crippen LogP contribution in [0.4, 0.5) is 5.69 Å². The van der Waals surface area contributed by atoms with Gasteiger partial charge in [-0.1, -0.05) is 11.6 Å². The van der Waals surface area contributed by atoms with E-state index in [1.54, 1.807) is 12.1 Å². The Morgan fingerprint density at radius 2 is 1.80 bits per heavy atom. The Labute approximate surface area is 149 Å². The second-order valence-electron chi connectivity index (χ2n) is 5.59. The summed E-state index contributed by atoms with van der Waals surface area (Å²) in [6, 6.07) is 8.35. The monoisotopic (exact) mass is 379 g/mol. The van der Waals surface area contributed by atoms with E-state index in [9.17, 15) is 18.0 Å². The topological polar surface area (TPSA) is 105 Å². The number of nitrogens with zero attached hydrogens (tertiary/aromatic N) is 1. The molecule has 0 spiro atoms. The van der Waals surface area contributed by atoms with E-state index in [0.717, 1.165) is 18.9 Å². The van der Waals surface area contributed by atoms with Crippen molar-refractivity contribution in [2.45, 2.75) is 17.7 Å². The number of rotatable bonds is 5. The molecule has 0 radical (unpaired) electrons. The molecule has 0 saturated heterocycles. The lowest BCUT2D eigenvalue weighted by Gasteiger charge is -2.08. The predicted molar refractivity (Wildman–Crippen MR) is 91.7 cm³/mol. The van der Waals surface area contributed by atoms with E-state index >= 15 is 0 Å². The minimum atomic E-state index is -4.06. The molecule has 3 rings (SSSR count). The standard InChI is InChI=1S/C16H14ClN3O4S/c17-14-9-13(7-8-18-14)25(23,24)20-16(22)11-3-5-12(6-4-11)19-15(21)10-1-2-10/h3-10H,1-2H2,(H,19,21)(H,20,22). The molecular weight excluding hydrogens is 366 g/mol. The third-order valence-corrected chi connectivity index (χ3v) is 5.13. The summed E-state index contributed by atoms with van der Waals surface area (Å²) < 4.78 is 26.3. The zero-order chi connectivity index (χ0) is 18.0. The lowest BCUT2D eigenvalue weighted by Crippen LogP contribution is -2.30. The Morgan fingerprint density at radius 1 is 1.12 bits per heavy atom. The van der Waals surface area contributed by atoms with E-state index in [0.29, 0.717) is 5.69 Å². The molecule has 0 unspecified atom stereocenters. The molecule has 0 atom stereocenters. The Balaban J connectivity index is 1.69. The number of amides is 2. The van der Waals surface area contributed by atoms with Crippen LogP contribution in [0.25, 0.3) is 0 Å². The lowest BCUT2D eigenvalue weighted by molar-refractivity contribution is -0.117. The molecule has 130 valence electrons. The molecule has 25 heavy (non-hydrogen) atoms. The molecule has 0 aliphatic heterocycles. The average Bonchev–Trinajstić information content (AvgIpc) is 3.40. The molecule has 1 fully saturated rings. The van der Waals surface area contributed by atoms with Crippen LogP contribution < -0.4 is 10.0 Å². The van der Waals surface area contributed by atoms with Crippen LogP contribution in [0, 0.1) is 5.92 Å². The fourth-order valence-electron chi connectivity index (χ4n) is 2.09. The van der Waals surface area contributed by atoms with Crippen LogP contribution in [0.5, 0.6) is 0 Å². The quantitative estimate of drug-likeness (QED) is 0.775. The average molecular weight is 380 g/mol. The van der Waals surface area contributed by atoms with E-state index in [-0.39, 0.29) is 27.4 Å². The summed E-state index contributed by atoms with van der Waals surface area (Å²) in [5.74, 6) is -0.761. The van der Waals surface area contributed by atoms with Gasteiger partial charge < -0.3 is 5.32 Å². The zero-order valence-electron chi connectivity index (χ0n) is 12.9. The first kappa shape index (κ1) is 17.4. The van der Waals surface area contributed by atoms with Crippen molar-refractivity contribution in [2.24, 2.45) is 5.92 Å². The van der Waals surface area contributed by atoms with Gasteiger partial charge in [-0.2, -0.15) is 0 Å². The first-order valence-corrected chi connectivity index (χ1v) is 9.31. The van der Waals surface area contributed by atoms with Crippen LogP contribution in [-0.2, 0) is 14.8 Å². The number of benzene rings is 1. The number of sulfonamides is 1. The molecule has 1 aliphatic rings. The predicted octanol–water partition coefficient (Wildman–Crippen LogP) is 2.20. The summed E-state index contributed by atoms with van der Waals surface area (Å²) in [5.41, 5.74) is 0.699. The first-order valence-electron chi connectivity index (χ1n) is 7.45. The van der Waals surface area contributed by atoms with E-state index in [1.807, 2.05) is 4.72 Å². The van der Waals surface area contributed by atoms with Gasteiger partial charge in [-0.05, 0) is 49.2 Å². The highest BCUT2D eigenvalue weighted by Gasteiger charge is 2.29. The highest BCUT2D eigenvalue weighted by molar-refractivity contribution is 7.90. The number of pyridine rings is 1. The third-order valence-electron chi connectivity index (χ3n) is 3.60. The van der Waals surface area contributed by atoms with E-state index in [1.165, 1.54) is 24.4 Å². The van der Waals surface area contributed by atoms with E-state index < -0.39 is 15.9 Å². The summed E-state index contributed by atoms with van der Waals surface area (Å²) in [4.78, 5) is 27.4. The molecule has 1 aliphatic carbocycles. The first-order chi connectivity index (χ1) is 11.8. The largest absolute Gasteiger partial charge is 0.326 e. The lowest BCUT2D eigenvalue weighted by atomic mass is 10.2. The number of hydrogen-bond acceptors (Lipinski definition) is 5. The van der Waals surface area contributed by atoms with Gasteiger partial charge in [-0.3, -0.25) is 9.59 Å². The number of nitrogens with one attached hydrogen (secondary N) is 2. The molecule has 2 aromatic rings. The maximum absolute atomic E-state index is 12.2. The van der Waals surface area contributed by atoms with Gasteiger partial charge in [0.05, 0.1) is 4.90 Å². The molecule has 0 bridgehead atoms. The van der Waals surface area contributed by atoms with Crippen LogP contribution in [0.15, 0.2) is 47.5 Å². The van der Waals surface area contributed by atoms with Gasteiger partial charge in [0.15, 0.2) is 0 Å². The highest BCUT2D eigenvalue weighted by Crippen LogP contribution is 2.30. The maximum Gasteiger partial charge on any atom is 0.264 e. The van der Waals surface area contributed by atoms with Crippen molar-refractivity contribution in [1.29, 1.82) is 0 Å². The summed E-state index contributed by atoms with van der Waals surface area (Å²) >= 11 is 5.67. The number of carbonyl (C=O) groups excluding carboxylic acids is 2. The number of aromatic nitrogens is 1. The summed E-state index contributed by atoms with van der Waals surface area (Å²) in [5, 5.41) is 2.75. The Kier molecular flexibility index (Phi) is 4.73. The van der Waals surface area contributed by atoms with E-state index in [4.69, 9.17) is 11.6 Å². The fraction of sp³-hybridized carbons (Fsp3) is 0.188. The molecule has 1 aromatic heterocycles. The van der Waals surface area contributed by atoms with Crippen LogP contribution in [0.2, 0.25) is 5.15 Å². The van der Waals surface area contributed by atoms with Crippen molar-refractivity contribution in [1.82, 2.24) is 9.71 Å². The minimum absolute atomic E-state index is 0.00563. The summed E-state index contributed by atoms with van der Waals surface area (Å²) in [7, 11) is -4.06. The van der Waals surface area contributed by atoms with Crippen molar-refractivity contribution in [3.05, 3.63) is 53.3 Å². The van der Waals surface area contributed by atoms with Gasteiger partial charge in [-0.15, -0.1) is 0 Å². The molecular formula is C16H14ClN3O4S. The Hall–Kier alpha value is -2.45. The maximum atomic E-state index is 12.2. The zero-order valence-corrected chi connectivity index (χ0v) is 14.5. The van der Waals surface area contributed by atoms with Gasteiger partial charge >= 0.3 is 0 Å². The smallest absolute Gasteiger partial charge is 0.264 e. The third kappa shape index (κ3) is 4.34. The molecule has 1 aromatic carbocycles. The molecule has 2 N–H and O–H groups in total. The fourth-order valence-corrected chi connectivity index (χ4v) is 3.31. The number of anilines is 1. The second-order valence-corrected chi connectivity index (χ2v) is 7.66. The molecule has 1 saturated carbocycles. The van der Waals surface area contributed by atoms with Crippen molar-refractivity contribution in [3.63, 3.8) is 0 Å². The Bertz CT molecular complexity index is 925. The molecule has 7 nitrogen and oxygen atoms in total. The molecule has 2 amide bonds. The van der Waals surface area contributed by atoms with Gasteiger partial charge in [0.2, 0.25) is 5.91 Å². The van der Waals surface area contributed by atoms with Crippen molar-refractivity contribution in [2.75, 3.05) is 5.32 Å². The van der Waals surface area contributed by atoms with Gasteiger partial charge in [-0.25, -0.2) is 18.1 Å². The van der Waals surface area contributed by atoms with Crippen LogP contribution in [-0.4, -0.2) is 25.2 Å². The van der Waals surface area contributed by atoms with Crippen molar-refractivity contribution >= 4 is 39.1 Å². The number of hydrogen-bond donors (Lipinski definition) is 2. The number of halogens is 1. The van der Waals surface area contributed by atoms with E-state index in [2.05, 4.69) is 10.3 Å². The van der Waals surface area contributed by atoms with Crippen LogP contribution in [0.1, 0.15) is 23.2 Å². The summed E-state index contributed by atoms with van der Waals surface area (Å²) in [6.07, 6.45) is 3.02. The van der Waals surface area contributed by atoms with Crippen molar-refractivity contribution in [3.8, 4) is 0 Å². The van der Waals surface area contributed by atoms with Gasteiger partial charge in [0.1, 0.15) is 5.15 Å². The van der Waals surface area contributed by atoms with Crippen LogP contribution >= 0.6 is 11.6 Å². The summed E-state index contributed by atoms with van der Waals surface area (Å²) in [6.45, 7) is 0. The molecule has 1 heterocycles. The Morgan fingerprint density at radius 3 is 2.40 bits per heavy atom. The SMILES string of the molecule is O=C(NS(=O)(=O)c1ccnc(Cl)c1)c1ccc(NC(=O)C2CC2)cc1. The minimum Gasteiger partial charge on any atom is -0.326 e. The highest BCUT2D eigenvalue weighted by atomic mass is 35.5. The molecule has 9 heteroatoms. The number of carbonyl (C=O) groups is 2. The van der Waals surface area contributed by atoms with Gasteiger partial charge in [0, 0.05) is 23.4 Å². The van der Waals surface area contributed by atoms with Gasteiger partial charge in [0.25, 0.3) is 15.9 Å². The van der Waals surface area contributed by atoms with Crippen molar-refractivity contribution < 1.29 is 18.0 Å². The normalized spacial score (nSPS) is 14.0. The van der Waals surface area contributed by atoms with Crippen LogP contribution in [0.3, 0.4) is 0 Å². The second kappa shape index (κ2) is 6.81.